The lowest BCUT2D eigenvalue weighted by Gasteiger charge is -2.31. The summed E-state index contributed by atoms with van der Waals surface area (Å²) in [5.41, 5.74) is 2.10. The third-order valence-corrected chi connectivity index (χ3v) is 4.37. The van der Waals surface area contributed by atoms with Crippen LogP contribution in [-0.2, 0) is 0 Å². The Labute approximate surface area is 137 Å². The van der Waals surface area contributed by atoms with E-state index in [1.807, 2.05) is 28.9 Å². The molecule has 116 valence electrons. The number of fused-ring (bicyclic) bond motifs is 1. The molecule has 0 saturated heterocycles. The number of rotatable bonds is 2. The highest BCUT2D eigenvalue weighted by Gasteiger charge is 2.29. The van der Waals surface area contributed by atoms with E-state index in [0.717, 1.165) is 17.5 Å². The fourth-order valence-electron chi connectivity index (χ4n) is 3.02. The van der Waals surface area contributed by atoms with E-state index in [9.17, 15) is 4.39 Å². The van der Waals surface area contributed by atoms with Gasteiger partial charge in [0.1, 0.15) is 12.1 Å². The SMILES string of the molecule is Fc1ccc(C2CC(c3cccc(Cl)c3)n3ncnc3N2)cc1. The number of benzene rings is 2. The van der Waals surface area contributed by atoms with Crippen molar-refractivity contribution >= 4 is 17.5 Å². The number of hydrogen-bond donors (Lipinski definition) is 1. The zero-order valence-electron chi connectivity index (χ0n) is 12.2. The highest BCUT2D eigenvalue weighted by Crippen LogP contribution is 2.37. The third kappa shape index (κ3) is 2.68. The highest BCUT2D eigenvalue weighted by atomic mass is 35.5. The average Bonchev–Trinajstić information content (AvgIpc) is 3.03. The Morgan fingerprint density at radius 2 is 1.96 bits per heavy atom. The molecule has 1 aliphatic heterocycles. The van der Waals surface area contributed by atoms with Gasteiger partial charge in [0.05, 0.1) is 12.1 Å². The molecule has 0 saturated carbocycles. The van der Waals surface area contributed by atoms with Crippen molar-refractivity contribution in [3.63, 3.8) is 0 Å². The molecule has 0 fully saturated rings. The molecule has 1 N–H and O–H groups in total. The largest absolute Gasteiger partial charge is 0.348 e. The molecular weight excluding hydrogens is 315 g/mol. The average molecular weight is 329 g/mol. The lowest BCUT2D eigenvalue weighted by molar-refractivity contribution is 0.430. The van der Waals surface area contributed by atoms with E-state index in [0.29, 0.717) is 11.0 Å². The van der Waals surface area contributed by atoms with Gasteiger partial charge in [-0.15, -0.1) is 0 Å². The van der Waals surface area contributed by atoms with Crippen molar-refractivity contribution in [1.82, 2.24) is 14.8 Å². The van der Waals surface area contributed by atoms with Crippen LogP contribution in [0.2, 0.25) is 5.02 Å². The maximum Gasteiger partial charge on any atom is 0.222 e. The lowest BCUT2D eigenvalue weighted by Crippen LogP contribution is -2.28. The molecule has 1 aliphatic rings. The molecule has 4 rings (SSSR count). The molecule has 2 aromatic carbocycles. The van der Waals surface area contributed by atoms with Gasteiger partial charge < -0.3 is 5.32 Å². The Kier molecular flexibility index (Phi) is 3.50. The van der Waals surface area contributed by atoms with Crippen LogP contribution in [0.3, 0.4) is 0 Å². The van der Waals surface area contributed by atoms with E-state index in [1.165, 1.54) is 18.5 Å². The van der Waals surface area contributed by atoms with E-state index in [-0.39, 0.29) is 17.9 Å². The summed E-state index contributed by atoms with van der Waals surface area (Å²) in [6.07, 6.45) is 2.31. The Balaban J connectivity index is 1.73. The topological polar surface area (TPSA) is 42.7 Å². The summed E-state index contributed by atoms with van der Waals surface area (Å²) in [5.74, 6) is 0.467. The first kappa shape index (κ1) is 14.2. The first-order valence-corrected chi connectivity index (χ1v) is 7.75. The summed E-state index contributed by atoms with van der Waals surface area (Å²) < 4.78 is 15.0. The van der Waals surface area contributed by atoms with E-state index in [4.69, 9.17) is 11.6 Å². The molecule has 2 unspecified atom stereocenters. The van der Waals surface area contributed by atoms with Crippen LogP contribution in [-0.4, -0.2) is 14.8 Å². The van der Waals surface area contributed by atoms with Gasteiger partial charge in [0.25, 0.3) is 0 Å². The standard InChI is InChI=1S/C17H14ClFN4/c18-13-3-1-2-12(8-13)16-9-15(11-4-6-14(19)7-5-11)22-17-20-10-21-23(16)17/h1-8,10,15-16H,9H2,(H,20,21,22). The smallest absolute Gasteiger partial charge is 0.222 e. The Bertz CT molecular complexity index is 831. The maximum atomic E-state index is 13.2. The van der Waals surface area contributed by atoms with Crippen molar-refractivity contribution in [2.45, 2.75) is 18.5 Å². The molecule has 0 aliphatic carbocycles. The Morgan fingerprint density at radius 1 is 1.13 bits per heavy atom. The Morgan fingerprint density at radius 3 is 2.74 bits per heavy atom. The predicted octanol–water partition coefficient (Wildman–Crippen LogP) is 4.22. The molecule has 6 heteroatoms. The van der Waals surface area contributed by atoms with Crippen LogP contribution >= 0.6 is 11.6 Å². The van der Waals surface area contributed by atoms with E-state index in [1.54, 1.807) is 12.1 Å². The minimum absolute atomic E-state index is 0.0301. The summed E-state index contributed by atoms with van der Waals surface area (Å²) >= 11 is 6.13. The number of nitrogens with one attached hydrogen (secondary N) is 1. The first-order chi connectivity index (χ1) is 11.2. The summed E-state index contributed by atoms with van der Waals surface area (Å²) in [4.78, 5) is 4.28. The van der Waals surface area contributed by atoms with Crippen molar-refractivity contribution in [2.24, 2.45) is 0 Å². The van der Waals surface area contributed by atoms with Gasteiger partial charge in [0.15, 0.2) is 0 Å². The van der Waals surface area contributed by atoms with Gasteiger partial charge in [-0.1, -0.05) is 35.9 Å². The van der Waals surface area contributed by atoms with Crippen molar-refractivity contribution in [2.75, 3.05) is 5.32 Å². The van der Waals surface area contributed by atoms with Gasteiger partial charge in [-0.25, -0.2) is 9.07 Å². The van der Waals surface area contributed by atoms with E-state index >= 15 is 0 Å². The van der Waals surface area contributed by atoms with Crippen molar-refractivity contribution in [3.05, 3.63) is 76.8 Å². The zero-order valence-corrected chi connectivity index (χ0v) is 12.9. The first-order valence-electron chi connectivity index (χ1n) is 7.38. The molecular formula is C17H14ClFN4. The van der Waals surface area contributed by atoms with Crippen LogP contribution < -0.4 is 5.32 Å². The number of aromatic nitrogens is 3. The van der Waals surface area contributed by atoms with Gasteiger partial charge in [-0.3, -0.25) is 0 Å². The number of halogens is 2. The summed E-state index contributed by atoms with van der Waals surface area (Å²) in [5, 5.41) is 8.38. The van der Waals surface area contributed by atoms with Crippen LogP contribution in [0, 0.1) is 5.82 Å². The van der Waals surface area contributed by atoms with Crippen molar-refractivity contribution in [3.8, 4) is 0 Å². The van der Waals surface area contributed by atoms with Gasteiger partial charge >= 0.3 is 0 Å². The minimum atomic E-state index is -0.237. The molecule has 0 bridgehead atoms. The highest BCUT2D eigenvalue weighted by molar-refractivity contribution is 6.30. The van der Waals surface area contributed by atoms with Crippen molar-refractivity contribution in [1.29, 1.82) is 0 Å². The number of hydrogen-bond acceptors (Lipinski definition) is 3. The molecule has 4 nitrogen and oxygen atoms in total. The van der Waals surface area contributed by atoms with E-state index < -0.39 is 0 Å². The molecule has 0 radical (unpaired) electrons. The van der Waals surface area contributed by atoms with Crippen LogP contribution in [0.4, 0.5) is 10.3 Å². The van der Waals surface area contributed by atoms with Gasteiger partial charge in [0, 0.05) is 5.02 Å². The molecule has 23 heavy (non-hydrogen) atoms. The molecule has 2 atom stereocenters. The summed E-state index contributed by atoms with van der Waals surface area (Å²) in [6, 6.07) is 14.4. The van der Waals surface area contributed by atoms with Crippen LogP contribution in [0.25, 0.3) is 0 Å². The van der Waals surface area contributed by atoms with Gasteiger partial charge in [-0.05, 0) is 41.8 Å². The molecule has 3 aromatic rings. The van der Waals surface area contributed by atoms with Crippen LogP contribution in [0.1, 0.15) is 29.6 Å². The number of nitrogens with zero attached hydrogens (tertiary/aromatic N) is 3. The normalized spacial score (nSPS) is 19.9. The molecule has 0 amide bonds. The lowest BCUT2D eigenvalue weighted by atomic mass is 9.93. The summed E-state index contributed by atoms with van der Waals surface area (Å²) in [6.45, 7) is 0. The second-order valence-electron chi connectivity index (χ2n) is 5.58. The second kappa shape index (κ2) is 5.66. The maximum absolute atomic E-state index is 13.2. The fraction of sp³-hybridized carbons (Fsp3) is 0.176. The zero-order chi connectivity index (χ0) is 15.8. The van der Waals surface area contributed by atoms with Gasteiger partial charge in [0.2, 0.25) is 5.95 Å². The molecule has 1 aromatic heterocycles. The third-order valence-electron chi connectivity index (χ3n) is 4.14. The summed E-state index contributed by atoms with van der Waals surface area (Å²) in [7, 11) is 0. The van der Waals surface area contributed by atoms with Crippen LogP contribution in [0.5, 0.6) is 0 Å². The molecule has 2 heterocycles. The monoisotopic (exact) mass is 328 g/mol. The quantitative estimate of drug-likeness (QED) is 0.766. The fourth-order valence-corrected chi connectivity index (χ4v) is 3.22. The minimum Gasteiger partial charge on any atom is -0.348 e. The Hall–Kier alpha value is -2.40. The van der Waals surface area contributed by atoms with Crippen molar-refractivity contribution < 1.29 is 4.39 Å². The van der Waals surface area contributed by atoms with E-state index in [2.05, 4.69) is 15.4 Å². The predicted molar refractivity (Wildman–Crippen MR) is 87.0 cm³/mol. The van der Waals surface area contributed by atoms with Gasteiger partial charge in [-0.2, -0.15) is 10.1 Å². The number of anilines is 1. The second-order valence-corrected chi connectivity index (χ2v) is 6.02. The van der Waals surface area contributed by atoms with Crippen LogP contribution in [0.15, 0.2) is 54.9 Å². The molecule has 0 spiro atoms.